The molecule has 4 nitrogen and oxygen atoms in total. The molecule has 0 aromatic heterocycles. The van der Waals surface area contributed by atoms with Crippen molar-refractivity contribution in [1.82, 2.24) is 10.4 Å². The number of hydrogen-bond acceptors (Lipinski definition) is 3. The predicted molar refractivity (Wildman–Crippen MR) is 61.5 cm³/mol. The van der Waals surface area contributed by atoms with Crippen LogP contribution >= 0.6 is 11.6 Å². The number of nitrogens with zero attached hydrogens (tertiary/aromatic N) is 2. The molecular formula is C11H12ClN3O. The van der Waals surface area contributed by atoms with Gasteiger partial charge in [-0.1, -0.05) is 17.7 Å². The largest absolute Gasteiger partial charge is 0.281 e. The molecule has 1 aromatic carbocycles. The second kappa shape index (κ2) is 5.50. The predicted octanol–water partition coefficient (Wildman–Crippen LogP) is 1.69. The number of halogens is 1. The maximum Gasteiger partial charge on any atom is 0.233 e. The highest BCUT2D eigenvalue weighted by Crippen LogP contribution is 2.17. The van der Waals surface area contributed by atoms with Crippen LogP contribution in [0.2, 0.25) is 5.02 Å². The lowest BCUT2D eigenvalue weighted by atomic mass is 10.1. The van der Waals surface area contributed by atoms with Gasteiger partial charge in [-0.3, -0.25) is 9.80 Å². The molecule has 1 amide bonds. The number of nitrogens with one attached hydrogen (secondary N) is 1. The number of carbonyl (C=O) groups excluding carboxylic acids is 1. The summed E-state index contributed by atoms with van der Waals surface area (Å²) >= 11 is 5.98. The lowest BCUT2D eigenvalue weighted by Crippen LogP contribution is -2.37. The van der Waals surface area contributed by atoms with Crippen molar-refractivity contribution in [3.05, 3.63) is 34.3 Å². The SMILES string of the molecule is CC(=O)N(C)NCc1ccc(C#N)cc1Cl. The van der Waals surface area contributed by atoms with Crippen molar-refractivity contribution in [1.29, 1.82) is 5.26 Å². The molecule has 1 aromatic rings. The van der Waals surface area contributed by atoms with E-state index >= 15 is 0 Å². The van der Waals surface area contributed by atoms with E-state index in [2.05, 4.69) is 5.43 Å². The van der Waals surface area contributed by atoms with Gasteiger partial charge in [-0.15, -0.1) is 0 Å². The molecule has 16 heavy (non-hydrogen) atoms. The van der Waals surface area contributed by atoms with Crippen LogP contribution in [0.4, 0.5) is 0 Å². The van der Waals surface area contributed by atoms with E-state index in [-0.39, 0.29) is 5.91 Å². The van der Waals surface area contributed by atoms with Crippen molar-refractivity contribution in [2.75, 3.05) is 7.05 Å². The fourth-order valence-electron chi connectivity index (χ4n) is 1.08. The van der Waals surface area contributed by atoms with Gasteiger partial charge in [0.05, 0.1) is 11.6 Å². The number of hydrazine groups is 1. The van der Waals surface area contributed by atoms with Crippen LogP contribution < -0.4 is 5.43 Å². The first-order chi connectivity index (χ1) is 7.54. The summed E-state index contributed by atoms with van der Waals surface area (Å²) in [6.07, 6.45) is 0. The third-order valence-electron chi connectivity index (χ3n) is 2.16. The normalized spacial score (nSPS) is 9.62. The van der Waals surface area contributed by atoms with Crippen molar-refractivity contribution in [3.8, 4) is 6.07 Å². The summed E-state index contributed by atoms with van der Waals surface area (Å²) in [6.45, 7) is 1.91. The van der Waals surface area contributed by atoms with Gasteiger partial charge in [0, 0.05) is 25.5 Å². The quantitative estimate of drug-likeness (QED) is 0.814. The van der Waals surface area contributed by atoms with Crippen molar-refractivity contribution in [3.63, 3.8) is 0 Å². The lowest BCUT2D eigenvalue weighted by molar-refractivity contribution is -0.130. The van der Waals surface area contributed by atoms with Crippen LogP contribution in [-0.2, 0) is 11.3 Å². The highest BCUT2D eigenvalue weighted by atomic mass is 35.5. The summed E-state index contributed by atoms with van der Waals surface area (Å²) in [5.41, 5.74) is 4.26. The van der Waals surface area contributed by atoms with Crippen molar-refractivity contribution >= 4 is 17.5 Å². The summed E-state index contributed by atoms with van der Waals surface area (Å²) in [4.78, 5) is 10.9. The topological polar surface area (TPSA) is 56.1 Å². The molecule has 0 unspecified atom stereocenters. The second-order valence-corrected chi connectivity index (χ2v) is 3.74. The van der Waals surface area contributed by atoms with Gasteiger partial charge in [-0.2, -0.15) is 5.26 Å². The van der Waals surface area contributed by atoms with Crippen LogP contribution in [0, 0.1) is 11.3 Å². The van der Waals surface area contributed by atoms with E-state index < -0.39 is 0 Å². The van der Waals surface area contributed by atoms with Gasteiger partial charge >= 0.3 is 0 Å². The minimum Gasteiger partial charge on any atom is -0.281 e. The standard InChI is InChI=1S/C11H12ClN3O/c1-8(16)15(2)14-7-10-4-3-9(6-13)5-11(10)12/h3-5,14H,7H2,1-2H3. The van der Waals surface area contributed by atoms with Crippen molar-refractivity contribution in [2.45, 2.75) is 13.5 Å². The smallest absolute Gasteiger partial charge is 0.233 e. The first-order valence-corrected chi connectivity index (χ1v) is 5.08. The van der Waals surface area contributed by atoms with Crippen molar-refractivity contribution < 1.29 is 4.79 Å². The van der Waals surface area contributed by atoms with Gasteiger partial charge in [0.2, 0.25) is 5.91 Å². The number of nitriles is 1. The molecule has 1 N–H and O–H groups in total. The van der Waals surface area contributed by atoms with Crippen LogP contribution in [0.5, 0.6) is 0 Å². The highest BCUT2D eigenvalue weighted by molar-refractivity contribution is 6.31. The Hall–Kier alpha value is -1.57. The van der Waals surface area contributed by atoms with Crippen molar-refractivity contribution in [2.24, 2.45) is 0 Å². The monoisotopic (exact) mass is 237 g/mol. The molecule has 5 heteroatoms. The molecule has 0 fully saturated rings. The summed E-state index contributed by atoms with van der Waals surface area (Å²) in [7, 11) is 1.64. The Kier molecular flexibility index (Phi) is 4.29. The maximum atomic E-state index is 10.9. The molecule has 0 heterocycles. The Morgan fingerprint density at radius 2 is 2.31 bits per heavy atom. The number of carbonyl (C=O) groups is 1. The van der Waals surface area contributed by atoms with E-state index in [0.29, 0.717) is 17.1 Å². The first kappa shape index (κ1) is 12.5. The molecule has 0 saturated heterocycles. The third-order valence-corrected chi connectivity index (χ3v) is 2.51. The van der Waals surface area contributed by atoms with Gasteiger partial charge in [0.15, 0.2) is 0 Å². The number of benzene rings is 1. The zero-order valence-corrected chi connectivity index (χ0v) is 9.88. The number of rotatable bonds is 3. The maximum absolute atomic E-state index is 10.9. The summed E-state index contributed by atoms with van der Waals surface area (Å²) < 4.78 is 0. The molecule has 0 aliphatic carbocycles. The number of amides is 1. The zero-order chi connectivity index (χ0) is 12.1. The molecule has 84 valence electrons. The average Bonchev–Trinajstić information content (AvgIpc) is 2.26. The van der Waals surface area contributed by atoms with Crippen LogP contribution in [0.1, 0.15) is 18.1 Å². The molecule has 1 rings (SSSR count). The lowest BCUT2D eigenvalue weighted by Gasteiger charge is -2.16. The fourth-order valence-corrected chi connectivity index (χ4v) is 1.32. The molecule has 0 atom stereocenters. The molecule has 0 saturated carbocycles. The molecule has 0 aliphatic heterocycles. The van der Waals surface area contributed by atoms with Crippen LogP contribution in [-0.4, -0.2) is 18.0 Å². The number of hydrogen-bond donors (Lipinski definition) is 1. The van der Waals surface area contributed by atoms with Gasteiger partial charge in [-0.05, 0) is 17.7 Å². The van der Waals surface area contributed by atoms with Crippen LogP contribution in [0.25, 0.3) is 0 Å². The molecule has 0 bridgehead atoms. The van der Waals surface area contributed by atoms with Crippen LogP contribution in [0.15, 0.2) is 18.2 Å². The second-order valence-electron chi connectivity index (χ2n) is 3.33. The van der Waals surface area contributed by atoms with E-state index in [1.54, 1.807) is 25.2 Å². The van der Waals surface area contributed by atoms with Gasteiger partial charge in [0.25, 0.3) is 0 Å². The Balaban J connectivity index is 2.69. The third kappa shape index (κ3) is 3.23. The Bertz CT molecular complexity index is 439. The molecule has 0 aliphatic rings. The highest BCUT2D eigenvalue weighted by Gasteiger charge is 2.04. The molecule has 0 spiro atoms. The van der Waals surface area contributed by atoms with Gasteiger partial charge < -0.3 is 0 Å². The summed E-state index contributed by atoms with van der Waals surface area (Å²) in [6, 6.07) is 7.07. The Morgan fingerprint density at radius 3 is 2.81 bits per heavy atom. The van der Waals surface area contributed by atoms with E-state index in [4.69, 9.17) is 16.9 Å². The van der Waals surface area contributed by atoms with E-state index in [1.807, 2.05) is 6.07 Å². The summed E-state index contributed by atoms with van der Waals surface area (Å²) in [5, 5.41) is 10.6. The van der Waals surface area contributed by atoms with E-state index in [9.17, 15) is 4.79 Å². The summed E-state index contributed by atoms with van der Waals surface area (Å²) in [5.74, 6) is -0.0789. The van der Waals surface area contributed by atoms with Gasteiger partial charge in [0.1, 0.15) is 0 Å². The zero-order valence-electron chi connectivity index (χ0n) is 9.12. The van der Waals surface area contributed by atoms with E-state index in [1.165, 1.54) is 11.9 Å². The molecule has 0 radical (unpaired) electrons. The van der Waals surface area contributed by atoms with Crippen LogP contribution in [0.3, 0.4) is 0 Å². The minimum atomic E-state index is -0.0789. The Labute approximate surface area is 99.4 Å². The minimum absolute atomic E-state index is 0.0789. The van der Waals surface area contributed by atoms with E-state index in [0.717, 1.165) is 5.56 Å². The fraction of sp³-hybridized carbons (Fsp3) is 0.273. The Morgan fingerprint density at radius 1 is 1.62 bits per heavy atom. The van der Waals surface area contributed by atoms with Gasteiger partial charge in [-0.25, -0.2) is 5.43 Å². The molecular weight excluding hydrogens is 226 g/mol. The first-order valence-electron chi connectivity index (χ1n) is 4.71. The average molecular weight is 238 g/mol.